The summed E-state index contributed by atoms with van der Waals surface area (Å²) in [5.41, 5.74) is 1.69. The SMILES string of the molecule is O=C(CSc1nnc2sc3ccccc3n12)Nc1nc2ccc(F)cc2s1. The molecule has 1 N–H and O–H groups in total. The summed E-state index contributed by atoms with van der Waals surface area (Å²) in [6.45, 7) is 0. The van der Waals surface area contributed by atoms with Crippen LogP contribution >= 0.6 is 34.4 Å². The molecule has 3 aromatic heterocycles. The van der Waals surface area contributed by atoms with Gasteiger partial charge in [-0.3, -0.25) is 9.20 Å². The van der Waals surface area contributed by atoms with Crippen molar-refractivity contribution in [1.29, 1.82) is 0 Å². The van der Waals surface area contributed by atoms with Gasteiger partial charge in [-0.25, -0.2) is 9.37 Å². The average molecular weight is 416 g/mol. The number of fused-ring (bicyclic) bond motifs is 4. The lowest BCUT2D eigenvalue weighted by Gasteiger charge is -2.00. The molecule has 6 nitrogen and oxygen atoms in total. The van der Waals surface area contributed by atoms with Gasteiger partial charge in [0.05, 0.1) is 26.2 Å². The molecule has 5 aromatic rings. The van der Waals surface area contributed by atoms with Crippen LogP contribution in [0.25, 0.3) is 25.4 Å². The summed E-state index contributed by atoms with van der Waals surface area (Å²) in [4.78, 5) is 17.4. The summed E-state index contributed by atoms with van der Waals surface area (Å²) in [6, 6.07) is 12.3. The topological polar surface area (TPSA) is 72.2 Å². The van der Waals surface area contributed by atoms with Gasteiger partial charge >= 0.3 is 0 Å². The Hall–Kier alpha value is -2.56. The van der Waals surface area contributed by atoms with Gasteiger partial charge in [0.2, 0.25) is 10.9 Å². The molecule has 0 spiro atoms. The number of thioether (sulfide) groups is 1. The molecule has 0 radical (unpaired) electrons. The Balaban J connectivity index is 1.33. The quantitative estimate of drug-likeness (QED) is 0.440. The fourth-order valence-electron chi connectivity index (χ4n) is 2.69. The summed E-state index contributed by atoms with van der Waals surface area (Å²) in [7, 11) is 0. The number of amides is 1. The minimum absolute atomic E-state index is 0.176. The molecule has 0 saturated heterocycles. The molecule has 0 unspecified atom stereocenters. The number of aromatic nitrogens is 4. The average Bonchev–Trinajstić information content (AvgIpc) is 3.32. The maximum absolute atomic E-state index is 13.3. The molecule has 0 fully saturated rings. The normalized spacial score (nSPS) is 11.6. The van der Waals surface area contributed by atoms with Gasteiger partial charge < -0.3 is 5.32 Å². The first-order valence-electron chi connectivity index (χ1n) is 7.89. The van der Waals surface area contributed by atoms with E-state index in [0.29, 0.717) is 20.5 Å². The predicted molar refractivity (Wildman–Crippen MR) is 107 cm³/mol. The van der Waals surface area contributed by atoms with Crippen molar-refractivity contribution < 1.29 is 9.18 Å². The van der Waals surface area contributed by atoms with Crippen molar-refractivity contribution >= 4 is 70.9 Å². The Morgan fingerprint density at radius 3 is 2.96 bits per heavy atom. The molecule has 5 rings (SSSR count). The smallest absolute Gasteiger partial charge is 0.236 e. The van der Waals surface area contributed by atoms with E-state index in [9.17, 15) is 9.18 Å². The number of hydrogen-bond acceptors (Lipinski definition) is 7. The third kappa shape index (κ3) is 3.05. The number of anilines is 1. The van der Waals surface area contributed by atoms with Crippen LogP contribution in [-0.4, -0.2) is 31.2 Å². The van der Waals surface area contributed by atoms with Crippen molar-refractivity contribution in [3.8, 4) is 0 Å². The van der Waals surface area contributed by atoms with Crippen molar-refractivity contribution in [3.05, 3.63) is 48.3 Å². The molecule has 0 atom stereocenters. The van der Waals surface area contributed by atoms with Crippen LogP contribution in [0, 0.1) is 5.82 Å². The molecule has 2 aromatic carbocycles. The van der Waals surface area contributed by atoms with Gasteiger partial charge in [-0.15, -0.1) is 10.2 Å². The van der Waals surface area contributed by atoms with Gasteiger partial charge in [0.15, 0.2) is 10.3 Å². The van der Waals surface area contributed by atoms with Crippen LogP contribution in [0.4, 0.5) is 9.52 Å². The van der Waals surface area contributed by atoms with Crippen LogP contribution < -0.4 is 5.32 Å². The molecule has 0 aliphatic carbocycles. The second kappa shape index (κ2) is 6.55. The Kier molecular flexibility index (Phi) is 4.03. The van der Waals surface area contributed by atoms with Crippen LogP contribution in [0.15, 0.2) is 47.6 Å². The van der Waals surface area contributed by atoms with Crippen molar-refractivity contribution in [2.75, 3.05) is 11.1 Å². The first-order valence-corrected chi connectivity index (χ1v) is 10.5. The zero-order chi connectivity index (χ0) is 18.4. The lowest BCUT2D eigenvalue weighted by atomic mass is 10.3. The third-order valence-corrected chi connectivity index (χ3v) is 6.71. The zero-order valence-electron chi connectivity index (χ0n) is 13.5. The lowest BCUT2D eigenvalue weighted by Crippen LogP contribution is -2.14. The van der Waals surface area contributed by atoms with Crippen molar-refractivity contribution in [2.45, 2.75) is 5.16 Å². The number of carbonyl (C=O) groups excluding carboxylic acids is 1. The highest BCUT2D eigenvalue weighted by molar-refractivity contribution is 7.99. The molecular formula is C17H10FN5OS3. The fourth-order valence-corrected chi connectivity index (χ4v) is 5.36. The van der Waals surface area contributed by atoms with Gasteiger partial charge in [-0.1, -0.05) is 46.6 Å². The number of thiazole rings is 2. The molecule has 0 aliphatic rings. The van der Waals surface area contributed by atoms with Crippen molar-refractivity contribution in [1.82, 2.24) is 19.6 Å². The monoisotopic (exact) mass is 415 g/mol. The molecule has 134 valence electrons. The summed E-state index contributed by atoms with van der Waals surface area (Å²) in [5.74, 6) is -0.343. The first-order chi connectivity index (χ1) is 13.2. The summed E-state index contributed by atoms with van der Waals surface area (Å²) < 4.78 is 17.0. The number of nitrogens with one attached hydrogen (secondary N) is 1. The molecule has 10 heteroatoms. The summed E-state index contributed by atoms with van der Waals surface area (Å²) in [6.07, 6.45) is 0. The van der Waals surface area contributed by atoms with Crippen LogP contribution in [0.3, 0.4) is 0 Å². The van der Waals surface area contributed by atoms with Crippen LogP contribution in [0.1, 0.15) is 0 Å². The van der Waals surface area contributed by atoms with Crippen LogP contribution in [0.2, 0.25) is 0 Å². The van der Waals surface area contributed by atoms with E-state index in [1.54, 1.807) is 17.4 Å². The first kappa shape index (κ1) is 16.6. The Morgan fingerprint density at radius 2 is 2.04 bits per heavy atom. The standard InChI is InChI=1S/C17H10FN5OS3/c18-9-5-6-10-13(7-9)26-15(19-10)20-14(24)8-25-16-21-22-17-23(16)11-3-1-2-4-12(11)27-17/h1-7H,8H2,(H,19,20,24). The van der Waals surface area contributed by atoms with E-state index in [4.69, 9.17) is 0 Å². The van der Waals surface area contributed by atoms with E-state index in [1.165, 1.54) is 35.2 Å². The Morgan fingerprint density at radius 1 is 1.15 bits per heavy atom. The number of para-hydroxylation sites is 1. The number of benzene rings is 2. The van der Waals surface area contributed by atoms with Crippen LogP contribution in [-0.2, 0) is 4.79 Å². The predicted octanol–water partition coefficient (Wildman–Crippen LogP) is 4.42. The third-order valence-electron chi connectivity index (χ3n) is 3.84. The zero-order valence-corrected chi connectivity index (χ0v) is 16.0. The number of rotatable bonds is 4. The molecule has 0 bridgehead atoms. The highest BCUT2D eigenvalue weighted by Crippen LogP contribution is 2.30. The second-order valence-electron chi connectivity index (χ2n) is 5.64. The molecule has 0 saturated carbocycles. The number of halogens is 1. The summed E-state index contributed by atoms with van der Waals surface area (Å²) >= 11 is 4.12. The van der Waals surface area contributed by atoms with Crippen molar-refractivity contribution in [2.24, 2.45) is 0 Å². The van der Waals surface area contributed by atoms with E-state index in [1.807, 2.05) is 28.7 Å². The fraction of sp³-hybridized carbons (Fsp3) is 0.0588. The number of carbonyl (C=O) groups is 1. The Labute approximate surface area is 164 Å². The van der Waals surface area contributed by atoms with E-state index >= 15 is 0 Å². The Bertz CT molecular complexity index is 1310. The van der Waals surface area contributed by atoms with Gasteiger partial charge in [0, 0.05) is 0 Å². The van der Waals surface area contributed by atoms with Gasteiger partial charge in [0.1, 0.15) is 5.82 Å². The van der Waals surface area contributed by atoms with E-state index in [-0.39, 0.29) is 17.5 Å². The molecule has 1 amide bonds. The van der Waals surface area contributed by atoms with Gasteiger partial charge in [0.25, 0.3) is 0 Å². The second-order valence-corrected chi connectivity index (χ2v) is 8.62. The highest BCUT2D eigenvalue weighted by atomic mass is 32.2. The van der Waals surface area contributed by atoms with E-state index in [0.717, 1.165) is 15.2 Å². The molecular weight excluding hydrogens is 405 g/mol. The number of nitrogens with zero attached hydrogens (tertiary/aromatic N) is 4. The molecule has 27 heavy (non-hydrogen) atoms. The van der Waals surface area contributed by atoms with E-state index < -0.39 is 0 Å². The molecule has 3 heterocycles. The van der Waals surface area contributed by atoms with Crippen LogP contribution in [0.5, 0.6) is 0 Å². The summed E-state index contributed by atoms with van der Waals surface area (Å²) in [5, 5.41) is 12.3. The molecule has 0 aliphatic heterocycles. The minimum Gasteiger partial charge on any atom is -0.301 e. The maximum Gasteiger partial charge on any atom is 0.236 e. The van der Waals surface area contributed by atoms with Gasteiger partial charge in [-0.05, 0) is 30.3 Å². The largest absolute Gasteiger partial charge is 0.301 e. The maximum atomic E-state index is 13.3. The highest BCUT2D eigenvalue weighted by Gasteiger charge is 2.15. The van der Waals surface area contributed by atoms with E-state index in [2.05, 4.69) is 20.5 Å². The lowest BCUT2D eigenvalue weighted by molar-refractivity contribution is -0.113. The van der Waals surface area contributed by atoms with Crippen molar-refractivity contribution in [3.63, 3.8) is 0 Å². The van der Waals surface area contributed by atoms with Gasteiger partial charge in [-0.2, -0.15) is 0 Å². The number of hydrogen-bond donors (Lipinski definition) is 1. The minimum atomic E-state index is -0.321.